The quantitative estimate of drug-likeness (QED) is 0.872. The molecule has 0 N–H and O–H groups in total. The summed E-state index contributed by atoms with van der Waals surface area (Å²) in [5.74, 6) is 0.207. The Kier molecular flexibility index (Phi) is 4.95. The lowest BCUT2D eigenvalue weighted by Crippen LogP contribution is -2.39. The monoisotopic (exact) mass is 313 g/mol. The van der Waals surface area contributed by atoms with Crippen LogP contribution in [0, 0.1) is 5.82 Å². The Balaban J connectivity index is 1.55. The number of piperidine rings is 1. The zero-order valence-corrected chi connectivity index (χ0v) is 13.0. The summed E-state index contributed by atoms with van der Waals surface area (Å²) < 4.78 is 12.9. The lowest BCUT2D eigenvalue weighted by atomic mass is 9.94. The third kappa shape index (κ3) is 4.12. The van der Waals surface area contributed by atoms with E-state index in [1.807, 2.05) is 11.0 Å². The van der Waals surface area contributed by atoms with Crippen LogP contribution >= 0.6 is 0 Å². The molecule has 1 atom stereocenters. The number of hydrogen-bond acceptors (Lipinski definition) is 3. The molecule has 0 bridgehead atoms. The molecule has 1 aliphatic rings. The predicted octanol–water partition coefficient (Wildman–Crippen LogP) is 2.95. The largest absolute Gasteiger partial charge is 0.342 e. The summed E-state index contributed by atoms with van der Waals surface area (Å²) in [5, 5.41) is 0. The third-order valence-corrected chi connectivity index (χ3v) is 4.34. The van der Waals surface area contributed by atoms with Crippen LogP contribution in [0.25, 0.3) is 0 Å². The number of halogens is 1. The van der Waals surface area contributed by atoms with Gasteiger partial charge < -0.3 is 4.90 Å². The normalized spacial score (nSPS) is 18.0. The summed E-state index contributed by atoms with van der Waals surface area (Å²) in [5.41, 5.74) is 2.00. The second kappa shape index (κ2) is 7.31. The van der Waals surface area contributed by atoms with Gasteiger partial charge in [-0.15, -0.1) is 0 Å². The second-order valence-electron chi connectivity index (χ2n) is 5.94. The minimum absolute atomic E-state index is 0.160. The van der Waals surface area contributed by atoms with Crippen LogP contribution < -0.4 is 0 Å². The van der Waals surface area contributed by atoms with Gasteiger partial charge in [0.2, 0.25) is 5.91 Å². The molecule has 0 spiro atoms. The summed E-state index contributed by atoms with van der Waals surface area (Å²) >= 11 is 0. The van der Waals surface area contributed by atoms with E-state index in [4.69, 9.17) is 0 Å². The van der Waals surface area contributed by atoms with Crippen molar-refractivity contribution >= 4 is 5.91 Å². The number of rotatable bonds is 4. The number of hydrogen-bond donors (Lipinski definition) is 0. The van der Waals surface area contributed by atoms with Gasteiger partial charge in [0.15, 0.2) is 0 Å². The number of benzene rings is 1. The van der Waals surface area contributed by atoms with Gasteiger partial charge in [0.25, 0.3) is 0 Å². The van der Waals surface area contributed by atoms with Crippen molar-refractivity contribution in [3.63, 3.8) is 0 Å². The fourth-order valence-electron chi connectivity index (χ4n) is 3.05. The minimum Gasteiger partial charge on any atom is -0.342 e. The highest BCUT2D eigenvalue weighted by atomic mass is 19.1. The number of nitrogens with zero attached hydrogens (tertiary/aromatic N) is 3. The van der Waals surface area contributed by atoms with Crippen LogP contribution in [0.15, 0.2) is 42.9 Å². The first-order valence-electron chi connectivity index (χ1n) is 8.00. The highest BCUT2D eigenvalue weighted by molar-refractivity contribution is 5.76. The SMILES string of the molecule is O=C(CCc1ccc(F)cc1)N1CCC[C@H](c2ccncn2)C1. The van der Waals surface area contributed by atoms with Crippen LogP contribution in [0.5, 0.6) is 0 Å². The zero-order chi connectivity index (χ0) is 16.1. The first kappa shape index (κ1) is 15.6. The minimum atomic E-state index is -0.246. The molecule has 1 saturated heterocycles. The maximum atomic E-state index is 12.9. The van der Waals surface area contributed by atoms with E-state index < -0.39 is 0 Å². The number of likely N-dealkylation sites (tertiary alicyclic amines) is 1. The summed E-state index contributed by atoms with van der Waals surface area (Å²) in [7, 11) is 0. The molecule has 1 amide bonds. The molecule has 2 aromatic rings. The van der Waals surface area contributed by atoms with E-state index in [2.05, 4.69) is 9.97 Å². The highest BCUT2D eigenvalue weighted by Gasteiger charge is 2.25. The average molecular weight is 313 g/mol. The molecule has 0 saturated carbocycles. The molecule has 5 heteroatoms. The number of carbonyl (C=O) groups is 1. The van der Waals surface area contributed by atoms with Gasteiger partial charge in [-0.1, -0.05) is 12.1 Å². The van der Waals surface area contributed by atoms with Gasteiger partial charge in [-0.25, -0.2) is 14.4 Å². The molecular weight excluding hydrogens is 293 g/mol. The molecule has 120 valence electrons. The van der Waals surface area contributed by atoms with Crippen LogP contribution in [0.3, 0.4) is 0 Å². The Morgan fingerprint density at radius 3 is 2.83 bits per heavy atom. The van der Waals surface area contributed by atoms with E-state index in [0.717, 1.165) is 37.2 Å². The number of carbonyl (C=O) groups excluding carboxylic acids is 1. The fraction of sp³-hybridized carbons (Fsp3) is 0.389. The van der Waals surface area contributed by atoms with Gasteiger partial charge in [0.05, 0.1) is 0 Å². The van der Waals surface area contributed by atoms with Crippen molar-refractivity contribution < 1.29 is 9.18 Å². The van der Waals surface area contributed by atoms with Crippen molar-refractivity contribution in [1.29, 1.82) is 0 Å². The highest BCUT2D eigenvalue weighted by Crippen LogP contribution is 2.25. The molecule has 0 unspecified atom stereocenters. The van der Waals surface area contributed by atoms with Gasteiger partial charge in [-0.2, -0.15) is 0 Å². The summed E-state index contributed by atoms with van der Waals surface area (Å²) in [6.07, 6.45) is 6.47. The van der Waals surface area contributed by atoms with Gasteiger partial charge in [0.1, 0.15) is 12.1 Å². The van der Waals surface area contributed by atoms with E-state index in [9.17, 15) is 9.18 Å². The van der Waals surface area contributed by atoms with Crippen LogP contribution in [0.4, 0.5) is 4.39 Å². The van der Waals surface area contributed by atoms with Gasteiger partial charge in [0, 0.05) is 37.3 Å². The number of amides is 1. The van der Waals surface area contributed by atoms with Crippen molar-refractivity contribution in [1.82, 2.24) is 14.9 Å². The molecule has 2 heterocycles. The maximum absolute atomic E-state index is 12.9. The molecule has 1 fully saturated rings. The Bertz CT molecular complexity index is 645. The van der Waals surface area contributed by atoms with Crippen LogP contribution in [0.2, 0.25) is 0 Å². The summed E-state index contributed by atoms with van der Waals surface area (Å²) in [4.78, 5) is 22.6. The van der Waals surface area contributed by atoms with Crippen molar-refractivity contribution in [3.05, 3.63) is 59.9 Å². The fourth-order valence-corrected chi connectivity index (χ4v) is 3.05. The van der Waals surface area contributed by atoms with Crippen molar-refractivity contribution in [2.45, 2.75) is 31.6 Å². The lowest BCUT2D eigenvalue weighted by Gasteiger charge is -2.32. The zero-order valence-electron chi connectivity index (χ0n) is 13.0. The molecule has 0 aliphatic carbocycles. The van der Waals surface area contributed by atoms with Gasteiger partial charge >= 0.3 is 0 Å². The standard InChI is InChI=1S/C18H20FN3O/c19-16-6-3-14(4-7-16)5-8-18(23)22-11-1-2-15(12-22)17-9-10-20-13-21-17/h3-4,6-7,9-10,13,15H,1-2,5,8,11-12H2/t15-/m0/s1. The predicted molar refractivity (Wildman–Crippen MR) is 85.3 cm³/mol. The van der Waals surface area contributed by atoms with Crippen LogP contribution in [-0.2, 0) is 11.2 Å². The molecule has 1 aromatic carbocycles. The molecule has 1 aromatic heterocycles. The van der Waals surface area contributed by atoms with E-state index >= 15 is 0 Å². The number of aryl methyl sites for hydroxylation is 1. The first-order chi connectivity index (χ1) is 11.2. The van der Waals surface area contributed by atoms with E-state index in [-0.39, 0.29) is 11.7 Å². The summed E-state index contributed by atoms with van der Waals surface area (Å²) in [6, 6.07) is 8.28. The van der Waals surface area contributed by atoms with Crippen molar-refractivity contribution in [2.75, 3.05) is 13.1 Å². The molecule has 23 heavy (non-hydrogen) atoms. The average Bonchev–Trinajstić information content (AvgIpc) is 2.62. The van der Waals surface area contributed by atoms with Crippen molar-refractivity contribution in [3.8, 4) is 0 Å². The van der Waals surface area contributed by atoms with Gasteiger partial charge in [-0.3, -0.25) is 4.79 Å². The maximum Gasteiger partial charge on any atom is 0.222 e. The topological polar surface area (TPSA) is 46.1 Å². The second-order valence-corrected chi connectivity index (χ2v) is 5.94. The third-order valence-electron chi connectivity index (χ3n) is 4.34. The Morgan fingerprint density at radius 2 is 2.09 bits per heavy atom. The van der Waals surface area contributed by atoms with Crippen LogP contribution in [-0.4, -0.2) is 33.9 Å². The Morgan fingerprint density at radius 1 is 1.26 bits per heavy atom. The van der Waals surface area contributed by atoms with E-state index in [1.165, 1.54) is 12.1 Å². The van der Waals surface area contributed by atoms with Crippen molar-refractivity contribution in [2.24, 2.45) is 0 Å². The van der Waals surface area contributed by atoms with Crippen LogP contribution in [0.1, 0.15) is 36.4 Å². The molecular formula is C18H20FN3O. The molecule has 3 rings (SSSR count). The molecule has 0 radical (unpaired) electrons. The summed E-state index contributed by atoms with van der Waals surface area (Å²) in [6.45, 7) is 1.53. The van der Waals surface area contributed by atoms with E-state index in [0.29, 0.717) is 18.8 Å². The number of aromatic nitrogens is 2. The smallest absolute Gasteiger partial charge is 0.222 e. The molecule has 4 nitrogen and oxygen atoms in total. The van der Waals surface area contributed by atoms with E-state index in [1.54, 1.807) is 24.7 Å². The first-order valence-corrected chi connectivity index (χ1v) is 8.00. The molecule has 1 aliphatic heterocycles. The lowest BCUT2D eigenvalue weighted by molar-refractivity contribution is -0.132. The Hall–Kier alpha value is -2.30. The van der Waals surface area contributed by atoms with Gasteiger partial charge in [-0.05, 0) is 43.0 Å². The Labute approximate surface area is 135 Å².